The average Bonchev–Trinajstić information content (AvgIpc) is 3.33. The van der Waals surface area contributed by atoms with Gasteiger partial charge < -0.3 is 15.0 Å². The minimum Gasteiger partial charge on any atom is -0.497 e. The van der Waals surface area contributed by atoms with E-state index in [9.17, 15) is 9.59 Å². The monoisotopic (exact) mass is 448 g/mol. The molecule has 1 fully saturated rings. The van der Waals surface area contributed by atoms with Gasteiger partial charge in [0.1, 0.15) is 17.3 Å². The van der Waals surface area contributed by atoms with Gasteiger partial charge in [0.05, 0.1) is 18.4 Å². The van der Waals surface area contributed by atoms with Gasteiger partial charge in [0, 0.05) is 43.6 Å². The molecule has 1 aliphatic heterocycles. The Labute approximate surface area is 192 Å². The number of ether oxygens (including phenoxy) is 1. The molecule has 0 radical (unpaired) electrons. The number of benzene rings is 1. The molecule has 33 heavy (non-hydrogen) atoms. The predicted octanol–water partition coefficient (Wildman–Crippen LogP) is 3.28. The van der Waals surface area contributed by atoms with Crippen molar-refractivity contribution in [2.24, 2.45) is 0 Å². The van der Waals surface area contributed by atoms with Crippen LogP contribution < -0.4 is 10.1 Å². The molecular formula is C24H28N6O3. The van der Waals surface area contributed by atoms with Gasteiger partial charge >= 0.3 is 0 Å². The van der Waals surface area contributed by atoms with Crippen molar-refractivity contribution in [1.29, 1.82) is 0 Å². The molecule has 172 valence electrons. The molecule has 0 spiro atoms. The maximum absolute atomic E-state index is 12.9. The van der Waals surface area contributed by atoms with Crippen LogP contribution in [0.15, 0.2) is 42.7 Å². The Bertz CT molecular complexity index is 1140. The van der Waals surface area contributed by atoms with E-state index in [1.165, 1.54) is 0 Å². The number of likely N-dealkylation sites (tertiary alicyclic amines) is 1. The lowest BCUT2D eigenvalue weighted by Crippen LogP contribution is -2.39. The molecule has 0 saturated carbocycles. The summed E-state index contributed by atoms with van der Waals surface area (Å²) in [6.45, 7) is 5.74. The quantitative estimate of drug-likeness (QED) is 0.621. The molecule has 9 heteroatoms. The fourth-order valence-corrected chi connectivity index (χ4v) is 3.96. The SMILES string of the molecule is CCn1ccc(C(=O)N2CCCC(c3ncc(C(=O)Nc4ccc(OC)cc4)c(C)n3)C2)n1. The van der Waals surface area contributed by atoms with Gasteiger partial charge in [-0.05, 0) is 57.0 Å². The Balaban J connectivity index is 1.44. The maximum atomic E-state index is 12.9. The van der Waals surface area contributed by atoms with Gasteiger partial charge in [-0.1, -0.05) is 0 Å². The lowest BCUT2D eigenvalue weighted by atomic mass is 9.96. The van der Waals surface area contributed by atoms with Crippen molar-refractivity contribution in [2.75, 3.05) is 25.5 Å². The van der Waals surface area contributed by atoms with Crippen LogP contribution in [0.4, 0.5) is 5.69 Å². The van der Waals surface area contributed by atoms with Gasteiger partial charge in [-0.25, -0.2) is 9.97 Å². The lowest BCUT2D eigenvalue weighted by Gasteiger charge is -2.31. The van der Waals surface area contributed by atoms with Crippen LogP contribution in [0.2, 0.25) is 0 Å². The molecule has 1 aromatic carbocycles. The number of piperidine rings is 1. The number of amides is 2. The lowest BCUT2D eigenvalue weighted by molar-refractivity contribution is 0.0697. The number of nitrogens with one attached hydrogen (secondary N) is 1. The van der Waals surface area contributed by atoms with E-state index in [-0.39, 0.29) is 17.7 Å². The van der Waals surface area contributed by atoms with Crippen molar-refractivity contribution in [1.82, 2.24) is 24.6 Å². The van der Waals surface area contributed by atoms with E-state index < -0.39 is 0 Å². The molecule has 0 bridgehead atoms. The molecule has 2 aromatic heterocycles. The number of hydrogen-bond acceptors (Lipinski definition) is 6. The van der Waals surface area contributed by atoms with Gasteiger partial charge in [0.15, 0.2) is 0 Å². The third-order valence-corrected chi connectivity index (χ3v) is 5.85. The van der Waals surface area contributed by atoms with Crippen molar-refractivity contribution in [3.63, 3.8) is 0 Å². The van der Waals surface area contributed by atoms with Crippen molar-refractivity contribution >= 4 is 17.5 Å². The average molecular weight is 449 g/mol. The maximum Gasteiger partial charge on any atom is 0.274 e. The van der Waals surface area contributed by atoms with Crippen molar-refractivity contribution < 1.29 is 14.3 Å². The molecule has 0 aliphatic carbocycles. The molecule has 9 nitrogen and oxygen atoms in total. The minimum absolute atomic E-state index is 0.0216. The number of anilines is 1. The first-order valence-electron chi connectivity index (χ1n) is 11.1. The number of rotatable bonds is 6. The standard InChI is InChI=1S/C24H28N6O3/c1-4-30-13-11-21(28-30)24(32)29-12-5-6-17(15-29)22-25-14-20(16(2)26-22)23(31)27-18-7-9-19(33-3)10-8-18/h7-11,13-14,17H,4-6,12,15H2,1-3H3,(H,27,31). The first-order chi connectivity index (χ1) is 16.0. The van der Waals surface area contributed by atoms with Crippen LogP contribution in [0.3, 0.4) is 0 Å². The van der Waals surface area contributed by atoms with Gasteiger partial charge in [-0.3, -0.25) is 14.3 Å². The van der Waals surface area contributed by atoms with Crippen LogP contribution >= 0.6 is 0 Å². The number of carbonyl (C=O) groups is 2. The zero-order valence-electron chi connectivity index (χ0n) is 19.1. The molecule has 3 heterocycles. The topological polar surface area (TPSA) is 102 Å². The molecular weight excluding hydrogens is 420 g/mol. The van der Waals surface area contributed by atoms with E-state index in [1.54, 1.807) is 55.2 Å². The third-order valence-electron chi connectivity index (χ3n) is 5.85. The summed E-state index contributed by atoms with van der Waals surface area (Å²) >= 11 is 0. The van der Waals surface area contributed by atoms with E-state index in [0.717, 1.165) is 25.1 Å². The van der Waals surface area contributed by atoms with Crippen LogP contribution in [0.5, 0.6) is 5.75 Å². The fraction of sp³-hybridized carbons (Fsp3) is 0.375. The number of aryl methyl sites for hydroxylation is 2. The summed E-state index contributed by atoms with van der Waals surface area (Å²) in [6.07, 6.45) is 5.15. The zero-order chi connectivity index (χ0) is 23.4. The molecule has 1 aliphatic rings. The molecule has 4 rings (SSSR count). The summed E-state index contributed by atoms with van der Waals surface area (Å²) in [6, 6.07) is 8.87. The Morgan fingerprint density at radius 1 is 1.21 bits per heavy atom. The van der Waals surface area contributed by atoms with Crippen molar-refractivity contribution in [3.05, 3.63) is 65.5 Å². The number of nitrogens with zero attached hydrogens (tertiary/aromatic N) is 5. The van der Waals surface area contributed by atoms with E-state index >= 15 is 0 Å². The highest BCUT2D eigenvalue weighted by molar-refractivity contribution is 6.04. The Hall–Kier alpha value is -3.75. The summed E-state index contributed by atoms with van der Waals surface area (Å²) in [5, 5.41) is 7.19. The fourth-order valence-electron chi connectivity index (χ4n) is 3.96. The summed E-state index contributed by atoms with van der Waals surface area (Å²) in [5.74, 6) is 1.06. The first-order valence-corrected chi connectivity index (χ1v) is 11.1. The van der Waals surface area contributed by atoms with Gasteiger partial charge in [0.25, 0.3) is 11.8 Å². The van der Waals surface area contributed by atoms with E-state index in [4.69, 9.17) is 4.74 Å². The van der Waals surface area contributed by atoms with Crippen molar-refractivity contribution in [2.45, 2.75) is 39.2 Å². The number of hydrogen-bond donors (Lipinski definition) is 1. The largest absolute Gasteiger partial charge is 0.497 e. The van der Waals surface area contributed by atoms with Crippen LogP contribution in [-0.2, 0) is 6.54 Å². The first kappa shape index (κ1) is 22.4. The summed E-state index contributed by atoms with van der Waals surface area (Å²) in [5.41, 5.74) is 2.15. The summed E-state index contributed by atoms with van der Waals surface area (Å²) in [4.78, 5) is 36.5. The minimum atomic E-state index is -0.267. The molecule has 1 atom stereocenters. The van der Waals surface area contributed by atoms with Crippen LogP contribution in [-0.4, -0.2) is 56.7 Å². The van der Waals surface area contributed by atoms with Crippen LogP contribution in [0, 0.1) is 6.92 Å². The highest BCUT2D eigenvalue weighted by Crippen LogP contribution is 2.26. The number of methoxy groups -OCH3 is 1. The predicted molar refractivity (Wildman–Crippen MR) is 123 cm³/mol. The molecule has 1 N–H and O–H groups in total. The molecule has 1 unspecified atom stereocenters. The normalized spacial score (nSPS) is 15.8. The second-order valence-electron chi connectivity index (χ2n) is 8.06. The Morgan fingerprint density at radius 3 is 2.67 bits per heavy atom. The zero-order valence-corrected chi connectivity index (χ0v) is 19.1. The molecule has 2 amide bonds. The van der Waals surface area contributed by atoms with Crippen molar-refractivity contribution in [3.8, 4) is 5.75 Å². The second kappa shape index (κ2) is 9.81. The van der Waals surface area contributed by atoms with Gasteiger partial charge in [-0.15, -0.1) is 0 Å². The van der Waals surface area contributed by atoms with Crippen LogP contribution in [0.1, 0.15) is 58.0 Å². The summed E-state index contributed by atoms with van der Waals surface area (Å²) in [7, 11) is 1.59. The van der Waals surface area contributed by atoms with Crippen LogP contribution in [0.25, 0.3) is 0 Å². The molecule has 3 aromatic rings. The number of aromatic nitrogens is 4. The summed E-state index contributed by atoms with van der Waals surface area (Å²) < 4.78 is 6.89. The molecule has 1 saturated heterocycles. The second-order valence-corrected chi connectivity index (χ2v) is 8.06. The highest BCUT2D eigenvalue weighted by atomic mass is 16.5. The van der Waals surface area contributed by atoms with E-state index in [0.29, 0.717) is 41.6 Å². The highest BCUT2D eigenvalue weighted by Gasteiger charge is 2.28. The smallest absolute Gasteiger partial charge is 0.274 e. The van der Waals surface area contributed by atoms with E-state index in [2.05, 4.69) is 20.4 Å². The number of carbonyl (C=O) groups excluding carboxylic acids is 2. The Kier molecular flexibility index (Phi) is 6.67. The third kappa shape index (κ3) is 5.02. The van der Waals surface area contributed by atoms with Gasteiger partial charge in [0.2, 0.25) is 0 Å². The van der Waals surface area contributed by atoms with Gasteiger partial charge in [-0.2, -0.15) is 5.10 Å². The van der Waals surface area contributed by atoms with E-state index in [1.807, 2.05) is 18.0 Å². The Morgan fingerprint density at radius 2 is 2.00 bits per heavy atom.